The van der Waals surface area contributed by atoms with Crippen molar-refractivity contribution in [1.82, 2.24) is 0 Å². The van der Waals surface area contributed by atoms with E-state index in [0.29, 0.717) is 35.9 Å². The Labute approximate surface area is 178 Å². The van der Waals surface area contributed by atoms with Crippen molar-refractivity contribution < 1.29 is 14.7 Å². The Morgan fingerprint density at radius 2 is 1.79 bits per heavy atom. The number of carbonyl (C=O) groups is 2. The predicted molar refractivity (Wildman–Crippen MR) is 118 cm³/mol. The van der Waals surface area contributed by atoms with Gasteiger partial charge in [0.05, 0.1) is 0 Å². The van der Waals surface area contributed by atoms with E-state index in [1.54, 1.807) is 0 Å². The number of Topliss-reactive ketones (excluding diaryl/α,β-unsaturated/α-hetero) is 1. The van der Waals surface area contributed by atoms with Crippen LogP contribution >= 0.6 is 0 Å². The van der Waals surface area contributed by atoms with Crippen LogP contribution in [0.2, 0.25) is 0 Å². The molecule has 3 heteroatoms. The monoisotopic (exact) mass is 404 g/mol. The maximum absolute atomic E-state index is 12.9. The second-order valence-electron chi connectivity index (χ2n) is 11.7. The van der Waals surface area contributed by atoms with Gasteiger partial charge in [0.1, 0.15) is 5.78 Å². The second-order valence-corrected chi connectivity index (χ2v) is 11.7. The van der Waals surface area contributed by atoms with E-state index in [1.807, 2.05) is 0 Å². The molecule has 0 heterocycles. The third-order valence-electron chi connectivity index (χ3n) is 9.66. The van der Waals surface area contributed by atoms with E-state index in [4.69, 9.17) is 0 Å². The zero-order chi connectivity index (χ0) is 21.4. The van der Waals surface area contributed by atoms with Gasteiger partial charge in [-0.2, -0.15) is 0 Å². The fourth-order valence-corrected chi connectivity index (χ4v) is 7.99. The van der Waals surface area contributed by atoms with Gasteiger partial charge in [0.15, 0.2) is 0 Å². The van der Waals surface area contributed by atoms with E-state index in [2.05, 4.69) is 34.6 Å². The fourth-order valence-electron chi connectivity index (χ4n) is 7.99. The van der Waals surface area contributed by atoms with Crippen LogP contribution in [-0.2, 0) is 9.59 Å². The average Bonchev–Trinajstić information content (AvgIpc) is 3.00. The largest absolute Gasteiger partial charge is 0.481 e. The molecule has 0 bridgehead atoms. The van der Waals surface area contributed by atoms with Crippen molar-refractivity contribution in [2.45, 2.75) is 105 Å². The molecule has 3 rings (SSSR count). The summed E-state index contributed by atoms with van der Waals surface area (Å²) in [5.74, 6) is 3.74. The van der Waals surface area contributed by atoms with Gasteiger partial charge in [0.25, 0.3) is 0 Å². The van der Waals surface area contributed by atoms with Gasteiger partial charge in [-0.25, -0.2) is 0 Å². The van der Waals surface area contributed by atoms with E-state index >= 15 is 0 Å². The molecule has 0 amide bonds. The lowest BCUT2D eigenvalue weighted by atomic mass is 9.48. The SMILES string of the molecule is CC(C)CCC[C@@H](C)[C@H]1CC[C@@H]2[C@@H]3CCC(=O)[C@](C)(CCC(=O)O)[C@@H]3CC[C@@]21C. The molecule has 0 aromatic heterocycles. The first-order valence-electron chi connectivity index (χ1n) is 12.3. The fraction of sp³-hybridized carbons (Fsp3) is 0.923. The molecule has 0 unspecified atom stereocenters. The van der Waals surface area contributed by atoms with E-state index < -0.39 is 11.4 Å². The van der Waals surface area contributed by atoms with Gasteiger partial charge in [-0.1, -0.05) is 53.9 Å². The van der Waals surface area contributed by atoms with Gasteiger partial charge < -0.3 is 5.11 Å². The highest BCUT2D eigenvalue weighted by molar-refractivity contribution is 5.86. The van der Waals surface area contributed by atoms with Crippen LogP contribution in [0.4, 0.5) is 0 Å². The normalized spacial score (nSPS) is 40.6. The summed E-state index contributed by atoms with van der Waals surface area (Å²) in [7, 11) is 0. The molecule has 29 heavy (non-hydrogen) atoms. The Bertz CT molecular complexity index is 611. The molecule has 7 atom stereocenters. The Morgan fingerprint density at radius 3 is 2.45 bits per heavy atom. The minimum atomic E-state index is -0.766. The van der Waals surface area contributed by atoms with Crippen LogP contribution in [0.3, 0.4) is 0 Å². The van der Waals surface area contributed by atoms with Crippen LogP contribution in [0.25, 0.3) is 0 Å². The number of hydrogen-bond acceptors (Lipinski definition) is 2. The lowest BCUT2D eigenvalue weighted by Gasteiger charge is -2.56. The van der Waals surface area contributed by atoms with Crippen molar-refractivity contribution in [3.8, 4) is 0 Å². The molecule has 3 nitrogen and oxygen atoms in total. The number of hydrogen-bond donors (Lipinski definition) is 1. The van der Waals surface area contributed by atoms with Crippen LogP contribution in [0.5, 0.6) is 0 Å². The van der Waals surface area contributed by atoms with Gasteiger partial charge in [-0.15, -0.1) is 0 Å². The summed E-state index contributed by atoms with van der Waals surface area (Å²) in [5, 5.41) is 9.22. The summed E-state index contributed by atoms with van der Waals surface area (Å²) in [6, 6.07) is 0. The highest BCUT2D eigenvalue weighted by Gasteiger charge is 2.59. The molecule has 0 aromatic rings. The molecular formula is C26H44O3. The number of rotatable bonds is 8. The molecule has 3 saturated carbocycles. The number of carbonyl (C=O) groups excluding carboxylic acids is 1. The van der Waals surface area contributed by atoms with Crippen LogP contribution in [0, 0.1) is 46.3 Å². The summed E-state index contributed by atoms with van der Waals surface area (Å²) < 4.78 is 0. The van der Waals surface area contributed by atoms with Crippen molar-refractivity contribution >= 4 is 11.8 Å². The highest BCUT2D eigenvalue weighted by atomic mass is 16.4. The van der Waals surface area contributed by atoms with E-state index in [0.717, 1.165) is 36.5 Å². The lowest BCUT2D eigenvalue weighted by molar-refractivity contribution is -0.148. The number of carboxylic acids is 1. The molecule has 166 valence electrons. The van der Waals surface area contributed by atoms with Crippen molar-refractivity contribution in [3.63, 3.8) is 0 Å². The first-order valence-corrected chi connectivity index (χ1v) is 12.3. The highest BCUT2D eigenvalue weighted by Crippen LogP contribution is 2.65. The summed E-state index contributed by atoms with van der Waals surface area (Å²) in [6.07, 6.45) is 11.4. The van der Waals surface area contributed by atoms with E-state index in [9.17, 15) is 14.7 Å². The van der Waals surface area contributed by atoms with Crippen LogP contribution in [0.15, 0.2) is 0 Å². The molecule has 0 saturated heterocycles. The molecule has 0 radical (unpaired) electrons. The molecular weight excluding hydrogens is 360 g/mol. The van der Waals surface area contributed by atoms with Crippen molar-refractivity contribution in [1.29, 1.82) is 0 Å². The summed E-state index contributed by atoms with van der Waals surface area (Å²) in [6.45, 7) is 11.8. The quantitative estimate of drug-likeness (QED) is 0.487. The summed E-state index contributed by atoms with van der Waals surface area (Å²) in [5.41, 5.74) is 0.0100. The Morgan fingerprint density at radius 1 is 1.07 bits per heavy atom. The van der Waals surface area contributed by atoms with Crippen molar-refractivity contribution in [3.05, 3.63) is 0 Å². The molecule has 0 spiro atoms. The smallest absolute Gasteiger partial charge is 0.303 e. The lowest BCUT2D eigenvalue weighted by Crippen LogP contribution is -2.52. The predicted octanol–water partition coefficient (Wildman–Crippen LogP) is 6.74. The van der Waals surface area contributed by atoms with Crippen LogP contribution in [0.1, 0.15) is 105 Å². The molecule has 1 N–H and O–H groups in total. The van der Waals surface area contributed by atoms with Gasteiger partial charge in [-0.3, -0.25) is 9.59 Å². The van der Waals surface area contributed by atoms with E-state index in [-0.39, 0.29) is 6.42 Å². The molecule has 3 aliphatic rings. The average molecular weight is 405 g/mol. The molecule has 3 aliphatic carbocycles. The number of aliphatic carboxylic acids is 1. The maximum atomic E-state index is 12.9. The summed E-state index contributed by atoms with van der Waals surface area (Å²) in [4.78, 5) is 24.1. The molecule has 0 aliphatic heterocycles. The van der Waals surface area contributed by atoms with Crippen molar-refractivity contribution in [2.24, 2.45) is 46.3 Å². The number of ketones is 1. The van der Waals surface area contributed by atoms with E-state index in [1.165, 1.54) is 38.5 Å². The Balaban J connectivity index is 1.73. The van der Waals surface area contributed by atoms with Crippen molar-refractivity contribution in [2.75, 3.05) is 0 Å². The van der Waals surface area contributed by atoms with Crippen LogP contribution < -0.4 is 0 Å². The third kappa shape index (κ3) is 4.30. The summed E-state index contributed by atoms with van der Waals surface area (Å²) >= 11 is 0. The van der Waals surface area contributed by atoms with Gasteiger partial charge >= 0.3 is 5.97 Å². The zero-order valence-corrected chi connectivity index (χ0v) is 19.5. The number of carboxylic acid groups (broad SMARTS) is 1. The number of fused-ring (bicyclic) bond motifs is 3. The Hall–Kier alpha value is -0.860. The minimum Gasteiger partial charge on any atom is -0.481 e. The van der Waals surface area contributed by atoms with Gasteiger partial charge in [0, 0.05) is 18.3 Å². The third-order valence-corrected chi connectivity index (χ3v) is 9.66. The molecule has 3 fully saturated rings. The first kappa shape index (κ1) is 22.8. The first-order chi connectivity index (χ1) is 13.6. The topological polar surface area (TPSA) is 54.4 Å². The van der Waals surface area contributed by atoms with Gasteiger partial charge in [0.2, 0.25) is 0 Å². The zero-order valence-electron chi connectivity index (χ0n) is 19.5. The standard InChI is InChI=1S/C26H44O3/c1-17(2)7-6-8-18(3)20-10-11-21-19-9-12-23(27)26(5,16-14-24(28)29)22(19)13-15-25(20,21)4/h17-22H,6-16H2,1-5H3,(H,28,29)/t18-,19+,20-,21-,22-,25-,26-/m1/s1. The second kappa shape index (κ2) is 8.71. The minimum absolute atomic E-state index is 0.128. The maximum Gasteiger partial charge on any atom is 0.303 e. The van der Waals surface area contributed by atoms with Crippen LogP contribution in [-0.4, -0.2) is 16.9 Å². The molecule has 0 aromatic carbocycles. The van der Waals surface area contributed by atoms with Gasteiger partial charge in [-0.05, 0) is 79.4 Å². The Kier molecular flexibility index (Phi) is 6.85.